The molecular formula is C13H16BrN3O3S. The van der Waals surface area contributed by atoms with Crippen LogP contribution >= 0.6 is 15.9 Å². The van der Waals surface area contributed by atoms with E-state index in [0.717, 1.165) is 5.56 Å². The zero-order valence-corrected chi connectivity index (χ0v) is 13.9. The molecule has 1 atom stereocenters. The van der Waals surface area contributed by atoms with Gasteiger partial charge in [-0.25, -0.2) is 8.42 Å². The topological polar surface area (TPSA) is 78.5 Å². The summed E-state index contributed by atoms with van der Waals surface area (Å²) in [6, 6.07) is 3.39. The van der Waals surface area contributed by atoms with Crippen LogP contribution in [0.4, 0.5) is 5.69 Å². The number of fused-ring (bicyclic) bond motifs is 1. The van der Waals surface area contributed by atoms with E-state index in [2.05, 4.69) is 26.6 Å². The predicted octanol–water partition coefficient (Wildman–Crippen LogP) is 0.926. The van der Waals surface area contributed by atoms with Gasteiger partial charge in [-0.1, -0.05) is 0 Å². The van der Waals surface area contributed by atoms with Gasteiger partial charge < -0.3 is 10.6 Å². The molecule has 2 heterocycles. The van der Waals surface area contributed by atoms with Crippen molar-refractivity contribution in [2.24, 2.45) is 0 Å². The highest BCUT2D eigenvalue weighted by Gasteiger charge is 2.31. The van der Waals surface area contributed by atoms with Crippen molar-refractivity contribution in [3.05, 3.63) is 22.2 Å². The summed E-state index contributed by atoms with van der Waals surface area (Å²) < 4.78 is 27.6. The number of anilines is 1. The van der Waals surface area contributed by atoms with Gasteiger partial charge in [-0.3, -0.25) is 4.79 Å². The second-order valence-electron chi connectivity index (χ2n) is 5.38. The molecule has 0 unspecified atom stereocenters. The van der Waals surface area contributed by atoms with Gasteiger partial charge in [-0.05, 0) is 40.5 Å². The van der Waals surface area contributed by atoms with Crippen LogP contribution < -0.4 is 10.6 Å². The Bertz CT molecular complexity index is 705. The van der Waals surface area contributed by atoms with E-state index in [1.165, 1.54) is 4.31 Å². The van der Waals surface area contributed by atoms with Gasteiger partial charge in [0.1, 0.15) is 0 Å². The lowest BCUT2D eigenvalue weighted by atomic mass is 10.2. The first-order valence-corrected chi connectivity index (χ1v) is 8.97. The minimum atomic E-state index is -3.56. The lowest BCUT2D eigenvalue weighted by Gasteiger charge is -2.31. The van der Waals surface area contributed by atoms with Crippen LogP contribution in [0.5, 0.6) is 0 Å². The first kappa shape index (κ1) is 15.0. The summed E-state index contributed by atoms with van der Waals surface area (Å²) in [7, 11) is -3.56. The van der Waals surface area contributed by atoms with E-state index in [-0.39, 0.29) is 23.3 Å². The van der Waals surface area contributed by atoms with Gasteiger partial charge >= 0.3 is 0 Å². The van der Waals surface area contributed by atoms with Crippen molar-refractivity contribution < 1.29 is 13.2 Å². The Morgan fingerprint density at radius 1 is 1.38 bits per heavy atom. The molecule has 1 fully saturated rings. The molecule has 0 saturated carbocycles. The van der Waals surface area contributed by atoms with Crippen molar-refractivity contribution in [3.8, 4) is 0 Å². The van der Waals surface area contributed by atoms with Crippen LogP contribution in [0.3, 0.4) is 0 Å². The number of halogens is 1. The molecule has 21 heavy (non-hydrogen) atoms. The maximum atomic E-state index is 12.8. The molecule has 0 spiro atoms. The molecule has 2 aliphatic heterocycles. The summed E-state index contributed by atoms with van der Waals surface area (Å²) >= 11 is 3.31. The number of carbonyl (C=O) groups excluding carboxylic acids is 1. The van der Waals surface area contributed by atoms with E-state index in [1.54, 1.807) is 12.1 Å². The van der Waals surface area contributed by atoms with E-state index in [0.29, 0.717) is 29.8 Å². The van der Waals surface area contributed by atoms with Gasteiger partial charge in [-0.15, -0.1) is 0 Å². The quantitative estimate of drug-likeness (QED) is 0.807. The summed E-state index contributed by atoms with van der Waals surface area (Å²) in [6.45, 7) is 3.50. The Morgan fingerprint density at radius 3 is 2.86 bits per heavy atom. The number of rotatable bonds is 2. The standard InChI is InChI=1S/C13H16BrN3O3S/c1-8-7-17(3-2-15-8)21(19,20)12-4-9-5-13(18)16-11(9)6-10(12)14/h4,6,8,15H,2-3,5,7H2,1H3,(H,16,18)/t8-/m0/s1. The normalized spacial score (nSPS) is 23.0. The number of sulfonamides is 1. The molecule has 0 aliphatic carbocycles. The number of piperazine rings is 1. The van der Waals surface area contributed by atoms with Crippen molar-refractivity contribution in [2.45, 2.75) is 24.3 Å². The maximum absolute atomic E-state index is 12.8. The third-order valence-electron chi connectivity index (χ3n) is 3.73. The average molecular weight is 374 g/mol. The number of carbonyl (C=O) groups is 1. The average Bonchev–Trinajstić information content (AvgIpc) is 2.76. The summed E-state index contributed by atoms with van der Waals surface area (Å²) in [6.07, 6.45) is 0.225. The fourth-order valence-electron chi connectivity index (χ4n) is 2.68. The van der Waals surface area contributed by atoms with Gasteiger partial charge in [-0.2, -0.15) is 4.31 Å². The van der Waals surface area contributed by atoms with Gasteiger partial charge in [0.15, 0.2) is 0 Å². The Morgan fingerprint density at radius 2 is 2.14 bits per heavy atom. The SMILES string of the molecule is C[C@H]1CN(S(=O)(=O)c2cc3c(cc2Br)NC(=O)C3)CCN1. The number of nitrogens with one attached hydrogen (secondary N) is 2. The molecule has 6 nitrogen and oxygen atoms in total. The number of hydrogen-bond donors (Lipinski definition) is 2. The van der Waals surface area contributed by atoms with Crippen molar-refractivity contribution in [3.63, 3.8) is 0 Å². The molecule has 0 bridgehead atoms. The monoisotopic (exact) mass is 373 g/mol. The number of nitrogens with zero attached hydrogens (tertiary/aromatic N) is 1. The predicted molar refractivity (Wildman–Crippen MR) is 82.7 cm³/mol. The lowest BCUT2D eigenvalue weighted by Crippen LogP contribution is -2.51. The summed E-state index contributed by atoms with van der Waals surface area (Å²) in [5.74, 6) is -0.109. The fourth-order valence-corrected chi connectivity index (χ4v) is 5.26. The molecule has 1 saturated heterocycles. The molecule has 8 heteroatoms. The third-order valence-corrected chi connectivity index (χ3v) is 6.56. The van der Waals surface area contributed by atoms with Crippen LogP contribution in [-0.4, -0.2) is 44.3 Å². The lowest BCUT2D eigenvalue weighted by molar-refractivity contribution is -0.115. The van der Waals surface area contributed by atoms with Crippen molar-refractivity contribution >= 4 is 37.5 Å². The minimum Gasteiger partial charge on any atom is -0.325 e. The van der Waals surface area contributed by atoms with Crippen LogP contribution in [0.1, 0.15) is 12.5 Å². The molecular weight excluding hydrogens is 358 g/mol. The van der Waals surface area contributed by atoms with Crippen LogP contribution in [0.25, 0.3) is 0 Å². The number of amides is 1. The zero-order valence-electron chi connectivity index (χ0n) is 11.5. The molecule has 0 aromatic heterocycles. The molecule has 1 amide bonds. The smallest absolute Gasteiger partial charge is 0.244 e. The summed E-state index contributed by atoms with van der Waals surface area (Å²) in [5, 5.41) is 5.94. The molecule has 1 aromatic rings. The van der Waals surface area contributed by atoms with Crippen molar-refractivity contribution in [1.82, 2.24) is 9.62 Å². The number of benzene rings is 1. The highest BCUT2D eigenvalue weighted by atomic mass is 79.9. The van der Waals surface area contributed by atoms with Gasteiger partial charge in [0.05, 0.1) is 11.3 Å². The Labute approximate surface area is 132 Å². The largest absolute Gasteiger partial charge is 0.325 e. The number of hydrogen-bond acceptors (Lipinski definition) is 4. The summed E-state index contributed by atoms with van der Waals surface area (Å²) in [4.78, 5) is 11.7. The third kappa shape index (κ3) is 2.73. The molecule has 0 radical (unpaired) electrons. The minimum absolute atomic E-state index is 0.109. The van der Waals surface area contributed by atoms with Gasteiger partial charge in [0.2, 0.25) is 15.9 Å². The van der Waals surface area contributed by atoms with Crippen molar-refractivity contribution in [2.75, 3.05) is 25.0 Å². The molecule has 114 valence electrons. The molecule has 2 aliphatic rings. The van der Waals surface area contributed by atoms with Crippen LogP contribution in [0.15, 0.2) is 21.5 Å². The Kier molecular flexibility index (Phi) is 3.81. The van der Waals surface area contributed by atoms with Crippen LogP contribution in [0.2, 0.25) is 0 Å². The first-order chi connectivity index (χ1) is 9.88. The first-order valence-electron chi connectivity index (χ1n) is 6.74. The Hall–Kier alpha value is -0.960. The molecule has 3 rings (SSSR count). The van der Waals surface area contributed by atoms with E-state index in [9.17, 15) is 13.2 Å². The molecule has 2 N–H and O–H groups in total. The molecule has 1 aromatic carbocycles. The van der Waals surface area contributed by atoms with E-state index < -0.39 is 10.0 Å². The summed E-state index contributed by atoms with van der Waals surface area (Å²) in [5.41, 5.74) is 1.41. The van der Waals surface area contributed by atoms with Gasteiger partial charge in [0, 0.05) is 35.8 Å². The van der Waals surface area contributed by atoms with E-state index in [1.807, 2.05) is 6.92 Å². The van der Waals surface area contributed by atoms with E-state index >= 15 is 0 Å². The second-order valence-corrected chi connectivity index (χ2v) is 8.14. The maximum Gasteiger partial charge on any atom is 0.244 e. The highest BCUT2D eigenvalue weighted by molar-refractivity contribution is 9.10. The highest BCUT2D eigenvalue weighted by Crippen LogP contribution is 2.34. The van der Waals surface area contributed by atoms with Crippen LogP contribution in [-0.2, 0) is 21.2 Å². The zero-order chi connectivity index (χ0) is 15.2. The fraction of sp³-hybridized carbons (Fsp3) is 0.462. The van der Waals surface area contributed by atoms with E-state index in [4.69, 9.17) is 0 Å². The van der Waals surface area contributed by atoms with Crippen molar-refractivity contribution in [1.29, 1.82) is 0 Å². The van der Waals surface area contributed by atoms with Gasteiger partial charge in [0.25, 0.3) is 0 Å². The Balaban J connectivity index is 2.00. The second kappa shape index (κ2) is 5.35. The van der Waals surface area contributed by atoms with Crippen LogP contribution in [0, 0.1) is 0 Å².